The number of aliphatic hydroxyl groups is 5. The average molecular weight is 292 g/mol. The SMILES string of the molecule is C=C(C(=O)OCCC)C1(O)O[C@H](CO)[C@@H](O)[C@H](O)[C@H]1O. The van der Waals surface area contributed by atoms with Crippen LogP contribution in [0.5, 0.6) is 0 Å². The Hall–Kier alpha value is -1.03. The van der Waals surface area contributed by atoms with E-state index < -0.39 is 48.4 Å². The summed E-state index contributed by atoms with van der Waals surface area (Å²) in [6.07, 6.45) is -6.28. The number of hydrogen-bond donors (Lipinski definition) is 5. The van der Waals surface area contributed by atoms with Gasteiger partial charge in [-0.05, 0) is 6.42 Å². The van der Waals surface area contributed by atoms with Crippen LogP contribution >= 0.6 is 0 Å². The van der Waals surface area contributed by atoms with Crippen molar-refractivity contribution in [1.29, 1.82) is 0 Å². The molecule has 0 spiro atoms. The Labute approximate surface area is 115 Å². The molecule has 1 rings (SSSR count). The van der Waals surface area contributed by atoms with Crippen molar-refractivity contribution in [2.24, 2.45) is 0 Å². The summed E-state index contributed by atoms with van der Waals surface area (Å²) in [6, 6.07) is 0. The van der Waals surface area contributed by atoms with Gasteiger partial charge >= 0.3 is 5.97 Å². The second-order valence-electron chi connectivity index (χ2n) is 4.58. The normalized spacial score (nSPS) is 37.5. The van der Waals surface area contributed by atoms with Crippen LogP contribution in [0.3, 0.4) is 0 Å². The first-order chi connectivity index (χ1) is 9.29. The predicted octanol–water partition coefficient (Wildman–Crippen LogP) is -2.34. The minimum absolute atomic E-state index is 0.0820. The van der Waals surface area contributed by atoms with Crippen molar-refractivity contribution in [2.45, 2.75) is 43.5 Å². The number of aliphatic hydroxyl groups excluding tert-OH is 4. The van der Waals surface area contributed by atoms with Crippen molar-refractivity contribution in [3.63, 3.8) is 0 Å². The average Bonchev–Trinajstić information content (AvgIpc) is 2.45. The minimum Gasteiger partial charge on any atom is -0.462 e. The van der Waals surface area contributed by atoms with Gasteiger partial charge in [-0.1, -0.05) is 13.5 Å². The van der Waals surface area contributed by atoms with Crippen LogP contribution in [-0.4, -0.2) is 74.9 Å². The van der Waals surface area contributed by atoms with Gasteiger partial charge in [-0.3, -0.25) is 0 Å². The summed E-state index contributed by atoms with van der Waals surface area (Å²) in [6.45, 7) is 4.41. The maximum absolute atomic E-state index is 11.7. The zero-order valence-electron chi connectivity index (χ0n) is 11.1. The van der Waals surface area contributed by atoms with Crippen LogP contribution in [0.15, 0.2) is 12.2 Å². The standard InChI is InChI=1S/C12H20O8/c1-3-4-19-11(17)6(2)12(18)10(16)9(15)8(14)7(5-13)20-12/h7-10,13-16,18H,2-5H2,1H3/t7-,8-,9+,10-,12?/m1/s1. The Morgan fingerprint density at radius 2 is 1.95 bits per heavy atom. The Morgan fingerprint density at radius 3 is 2.45 bits per heavy atom. The van der Waals surface area contributed by atoms with Crippen LogP contribution in [0.25, 0.3) is 0 Å². The molecule has 1 fully saturated rings. The largest absolute Gasteiger partial charge is 0.462 e. The predicted molar refractivity (Wildman–Crippen MR) is 65.3 cm³/mol. The fourth-order valence-electron chi connectivity index (χ4n) is 1.83. The van der Waals surface area contributed by atoms with Crippen LogP contribution < -0.4 is 0 Å². The Balaban J connectivity index is 2.94. The van der Waals surface area contributed by atoms with Crippen LogP contribution in [0, 0.1) is 0 Å². The smallest absolute Gasteiger partial charge is 0.338 e. The van der Waals surface area contributed by atoms with Crippen LogP contribution in [0.2, 0.25) is 0 Å². The minimum atomic E-state index is -2.64. The van der Waals surface area contributed by atoms with Gasteiger partial charge < -0.3 is 35.0 Å². The molecule has 0 aliphatic carbocycles. The van der Waals surface area contributed by atoms with Gasteiger partial charge in [0.1, 0.15) is 24.4 Å². The van der Waals surface area contributed by atoms with E-state index in [-0.39, 0.29) is 6.61 Å². The first kappa shape index (κ1) is 17.0. The number of carbonyl (C=O) groups is 1. The summed E-state index contributed by atoms with van der Waals surface area (Å²) in [4.78, 5) is 11.7. The van der Waals surface area contributed by atoms with Crippen LogP contribution in [0.4, 0.5) is 0 Å². The highest BCUT2D eigenvalue weighted by Crippen LogP contribution is 2.33. The molecule has 20 heavy (non-hydrogen) atoms. The van der Waals surface area contributed by atoms with Crippen molar-refractivity contribution in [2.75, 3.05) is 13.2 Å². The number of rotatable bonds is 5. The first-order valence-electron chi connectivity index (χ1n) is 6.21. The molecule has 1 unspecified atom stereocenters. The van der Waals surface area contributed by atoms with Gasteiger partial charge in [-0.15, -0.1) is 0 Å². The molecule has 116 valence electrons. The molecule has 0 aromatic rings. The second kappa shape index (κ2) is 6.61. The third kappa shape index (κ3) is 3.00. The Morgan fingerprint density at radius 1 is 1.35 bits per heavy atom. The quantitative estimate of drug-likeness (QED) is 0.281. The summed E-state index contributed by atoms with van der Waals surface area (Å²) in [5.74, 6) is -3.65. The lowest BCUT2D eigenvalue weighted by Crippen LogP contribution is -2.66. The molecule has 0 saturated carbocycles. The third-order valence-corrected chi connectivity index (χ3v) is 3.08. The van der Waals surface area contributed by atoms with Crippen molar-refractivity contribution >= 4 is 5.97 Å². The highest BCUT2D eigenvalue weighted by molar-refractivity contribution is 5.89. The second-order valence-corrected chi connectivity index (χ2v) is 4.58. The van der Waals surface area contributed by atoms with Crippen molar-refractivity contribution in [3.05, 3.63) is 12.2 Å². The molecule has 0 aromatic carbocycles. The molecule has 8 heteroatoms. The molecule has 5 N–H and O–H groups in total. The molecular weight excluding hydrogens is 272 g/mol. The number of ether oxygens (including phenoxy) is 2. The molecule has 1 heterocycles. The summed E-state index contributed by atoms with van der Waals surface area (Å²) in [7, 11) is 0. The fraction of sp³-hybridized carbons (Fsp3) is 0.750. The molecule has 1 aliphatic rings. The fourth-order valence-corrected chi connectivity index (χ4v) is 1.83. The highest BCUT2D eigenvalue weighted by atomic mass is 16.7. The van der Waals surface area contributed by atoms with E-state index in [1.165, 1.54) is 0 Å². The molecule has 0 aromatic heterocycles. The van der Waals surface area contributed by atoms with Gasteiger partial charge in [0.05, 0.1) is 18.8 Å². The van der Waals surface area contributed by atoms with E-state index in [4.69, 9.17) is 14.6 Å². The van der Waals surface area contributed by atoms with Gasteiger partial charge in [-0.25, -0.2) is 4.79 Å². The van der Waals surface area contributed by atoms with Gasteiger partial charge in [0.15, 0.2) is 0 Å². The molecule has 5 atom stereocenters. The number of hydrogen-bond acceptors (Lipinski definition) is 8. The van der Waals surface area contributed by atoms with Crippen molar-refractivity contribution in [1.82, 2.24) is 0 Å². The highest BCUT2D eigenvalue weighted by Gasteiger charge is 2.55. The lowest BCUT2D eigenvalue weighted by Gasteiger charge is -2.45. The topological polar surface area (TPSA) is 137 Å². The molecule has 0 bridgehead atoms. The van der Waals surface area contributed by atoms with Crippen molar-refractivity contribution in [3.8, 4) is 0 Å². The molecule has 1 aliphatic heterocycles. The summed E-state index contributed by atoms with van der Waals surface area (Å²) >= 11 is 0. The van der Waals surface area contributed by atoms with E-state index in [9.17, 15) is 25.2 Å². The van der Waals surface area contributed by atoms with Gasteiger partial charge in [0.2, 0.25) is 5.79 Å². The maximum Gasteiger partial charge on any atom is 0.338 e. The molecule has 0 radical (unpaired) electrons. The zero-order chi connectivity index (χ0) is 15.5. The summed E-state index contributed by atoms with van der Waals surface area (Å²) in [5, 5.41) is 48.2. The zero-order valence-corrected chi connectivity index (χ0v) is 11.1. The van der Waals surface area contributed by atoms with E-state index in [0.717, 1.165) is 0 Å². The van der Waals surface area contributed by atoms with E-state index in [0.29, 0.717) is 6.42 Å². The van der Waals surface area contributed by atoms with Crippen molar-refractivity contribution < 1.29 is 39.8 Å². The number of esters is 1. The van der Waals surface area contributed by atoms with Gasteiger partial charge in [0, 0.05) is 0 Å². The first-order valence-corrected chi connectivity index (χ1v) is 6.21. The summed E-state index contributed by atoms with van der Waals surface area (Å²) in [5.41, 5.74) is -0.622. The van der Waals surface area contributed by atoms with Crippen LogP contribution in [-0.2, 0) is 14.3 Å². The molecule has 1 saturated heterocycles. The Kier molecular flexibility index (Phi) is 5.63. The lowest BCUT2D eigenvalue weighted by molar-refractivity contribution is -0.331. The third-order valence-electron chi connectivity index (χ3n) is 3.08. The van der Waals surface area contributed by atoms with Gasteiger partial charge in [0.25, 0.3) is 0 Å². The number of carbonyl (C=O) groups excluding carboxylic acids is 1. The van der Waals surface area contributed by atoms with Crippen LogP contribution in [0.1, 0.15) is 13.3 Å². The molecule has 8 nitrogen and oxygen atoms in total. The molecular formula is C12H20O8. The molecule has 0 amide bonds. The Bertz CT molecular complexity index is 368. The van der Waals surface area contributed by atoms with E-state index in [1.807, 2.05) is 0 Å². The monoisotopic (exact) mass is 292 g/mol. The lowest BCUT2D eigenvalue weighted by atomic mass is 9.88. The van der Waals surface area contributed by atoms with E-state index in [2.05, 4.69) is 6.58 Å². The maximum atomic E-state index is 11.7. The van der Waals surface area contributed by atoms with E-state index >= 15 is 0 Å². The van der Waals surface area contributed by atoms with Gasteiger partial charge in [-0.2, -0.15) is 0 Å². The van der Waals surface area contributed by atoms with E-state index in [1.54, 1.807) is 6.92 Å². The summed E-state index contributed by atoms with van der Waals surface area (Å²) < 4.78 is 9.68.